The summed E-state index contributed by atoms with van der Waals surface area (Å²) in [6, 6.07) is 0.0604. The molecule has 4 nitrogen and oxygen atoms in total. The van der Waals surface area contributed by atoms with Crippen LogP contribution in [0.5, 0.6) is 0 Å². The lowest BCUT2D eigenvalue weighted by Crippen LogP contribution is -2.43. The first-order valence-electron chi connectivity index (χ1n) is 5.12. The van der Waals surface area contributed by atoms with Crippen LogP contribution in [-0.4, -0.2) is 56.3 Å². The molecule has 16 heavy (non-hydrogen) atoms. The zero-order chi connectivity index (χ0) is 12.2. The van der Waals surface area contributed by atoms with Gasteiger partial charge in [-0.3, -0.25) is 4.79 Å². The highest BCUT2D eigenvalue weighted by atomic mass is 19.4. The van der Waals surface area contributed by atoms with E-state index in [1.54, 1.807) is 0 Å². The molecule has 7 heteroatoms. The van der Waals surface area contributed by atoms with Crippen LogP contribution in [0.15, 0.2) is 0 Å². The molecule has 1 aliphatic rings. The summed E-state index contributed by atoms with van der Waals surface area (Å²) in [7, 11) is 1.94. The van der Waals surface area contributed by atoms with Crippen molar-refractivity contribution in [1.82, 2.24) is 15.5 Å². The van der Waals surface area contributed by atoms with Crippen LogP contribution in [0.3, 0.4) is 0 Å². The van der Waals surface area contributed by atoms with Crippen LogP contribution in [0, 0.1) is 0 Å². The van der Waals surface area contributed by atoms with E-state index in [0.29, 0.717) is 0 Å². The Kier molecular flexibility index (Phi) is 4.55. The quantitative estimate of drug-likeness (QED) is 0.723. The number of alkyl halides is 3. The van der Waals surface area contributed by atoms with Crippen LogP contribution in [0.2, 0.25) is 0 Å². The highest BCUT2D eigenvalue weighted by molar-refractivity contribution is 5.78. The number of carbonyl (C=O) groups is 1. The molecule has 1 saturated heterocycles. The van der Waals surface area contributed by atoms with Crippen LogP contribution in [0.1, 0.15) is 6.42 Å². The fraction of sp³-hybridized carbons (Fsp3) is 0.889. The second-order valence-electron chi connectivity index (χ2n) is 4.03. The van der Waals surface area contributed by atoms with Gasteiger partial charge in [0.2, 0.25) is 5.91 Å². The van der Waals surface area contributed by atoms with Gasteiger partial charge in [-0.15, -0.1) is 0 Å². The van der Waals surface area contributed by atoms with Crippen molar-refractivity contribution >= 4 is 5.91 Å². The van der Waals surface area contributed by atoms with E-state index in [1.807, 2.05) is 7.05 Å². The molecule has 1 fully saturated rings. The highest BCUT2D eigenvalue weighted by Crippen LogP contribution is 2.11. The summed E-state index contributed by atoms with van der Waals surface area (Å²) in [5.41, 5.74) is 0. The number of nitrogens with zero attached hydrogens (tertiary/aromatic N) is 1. The van der Waals surface area contributed by atoms with E-state index in [9.17, 15) is 18.0 Å². The van der Waals surface area contributed by atoms with Gasteiger partial charge in [-0.1, -0.05) is 0 Å². The van der Waals surface area contributed by atoms with E-state index < -0.39 is 12.7 Å². The van der Waals surface area contributed by atoms with Crippen LogP contribution in [-0.2, 0) is 4.79 Å². The van der Waals surface area contributed by atoms with Gasteiger partial charge in [0.05, 0.1) is 13.1 Å². The molecule has 0 spiro atoms. The molecule has 0 radical (unpaired) electrons. The number of hydrogen-bond acceptors (Lipinski definition) is 3. The SMILES string of the molecule is CN1CCC(NC(=O)CNCC(F)(F)F)C1. The summed E-state index contributed by atoms with van der Waals surface area (Å²) < 4.78 is 35.3. The van der Waals surface area contributed by atoms with Crippen molar-refractivity contribution in [2.45, 2.75) is 18.6 Å². The standard InChI is InChI=1S/C9H16F3N3O/c1-15-3-2-7(5-15)14-8(16)4-13-6-9(10,11)12/h7,13H,2-6H2,1H3,(H,14,16). The van der Waals surface area contributed by atoms with E-state index in [2.05, 4.69) is 15.5 Å². The molecule has 1 amide bonds. The largest absolute Gasteiger partial charge is 0.401 e. The molecule has 1 heterocycles. The third-order valence-corrected chi connectivity index (χ3v) is 2.37. The second kappa shape index (κ2) is 5.49. The Morgan fingerprint density at radius 3 is 2.69 bits per heavy atom. The Balaban J connectivity index is 2.12. The molecule has 0 bridgehead atoms. The van der Waals surface area contributed by atoms with E-state index in [4.69, 9.17) is 0 Å². The molecule has 0 aromatic heterocycles. The molecular formula is C9H16F3N3O. The minimum Gasteiger partial charge on any atom is -0.351 e. The summed E-state index contributed by atoms with van der Waals surface area (Å²) in [6.45, 7) is 0.233. The molecular weight excluding hydrogens is 223 g/mol. The number of carbonyl (C=O) groups excluding carboxylic acids is 1. The van der Waals surface area contributed by atoms with E-state index >= 15 is 0 Å². The van der Waals surface area contributed by atoms with Crippen molar-refractivity contribution in [2.24, 2.45) is 0 Å². The first kappa shape index (κ1) is 13.2. The normalized spacial score (nSPS) is 22.4. The van der Waals surface area contributed by atoms with Crippen molar-refractivity contribution < 1.29 is 18.0 Å². The Morgan fingerprint density at radius 1 is 1.50 bits per heavy atom. The number of hydrogen-bond donors (Lipinski definition) is 2. The van der Waals surface area contributed by atoms with Crippen molar-refractivity contribution in [2.75, 3.05) is 33.2 Å². The molecule has 0 aromatic carbocycles. The van der Waals surface area contributed by atoms with E-state index in [1.165, 1.54) is 0 Å². The van der Waals surface area contributed by atoms with Crippen molar-refractivity contribution in [3.05, 3.63) is 0 Å². The predicted octanol–water partition coefficient (Wildman–Crippen LogP) is -0.0414. The monoisotopic (exact) mass is 239 g/mol. The molecule has 2 N–H and O–H groups in total. The first-order chi connectivity index (χ1) is 7.37. The number of rotatable bonds is 4. The number of halogens is 3. The maximum Gasteiger partial charge on any atom is 0.401 e. The maximum absolute atomic E-state index is 11.8. The molecule has 94 valence electrons. The topological polar surface area (TPSA) is 44.4 Å². The fourth-order valence-electron chi connectivity index (χ4n) is 1.65. The Morgan fingerprint density at radius 2 is 2.19 bits per heavy atom. The Hall–Kier alpha value is -0.820. The predicted molar refractivity (Wildman–Crippen MR) is 53.0 cm³/mol. The summed E-state index contributed by atoms with van der Waals surface area (Å²) in [4.78, 5) is 13.3. The fourth-order valence-corrected chi connectivity index (χ4v) is 1.65. The van der Waals surface area contributed by atoms with Gasteiger partial charge in [0.15, 0.2) is 0 Å². The van der Waals surface area contributed by atoms with Gasteiger partial charge >= 0.3 is 6.18 Å². The summed E-state index contributed by atoms with van der Waals surface area (Å²) in [5, 5.41) is 4.74. The molecule has 0 saturated carbocycles. The number of likely N-dealkylation sites (N-methyl/N-ethyl adjacent to an activating group) is 1. The van der Waals surface area contributed by atoms with Crippen molar-refractivity contribution in [3.8, 4) is 0 Å². The van der Waals surface area contributed by atoms with Gasteiger partial charge < -0.3 is 15.5 Å². The molecule has 1 rings (SSSR count). The number of amides is 1. The van der Waals surface area contributed by atoms with Crippen LogP contribution in [0.25, 0.3) is 0 Å². The molecule has 1 unspecified atom stereocenters. The van der Waals surface area contributed by atoms with Crippen LogP contribution >= 0.6 is 0 Å². The minimum atomic E-state index is -4.27. The zero-order valence-corrected chi connectivity index (χ0v) is 9.10. The van der Waals surface area contributed by atoms with Gasteiger partial charge in [-0.25, -0.2) is 0 Å². The first-order valence-corrected chi connectivity index (χ1v) is 5.12. The van der Waals surface area contributed by atoms with Crippen LogP contribution < -0.4 is 10.6 Å². The Bertz CT molecular complexity index is 245. The molecule has 0 aromatic rings. The smallest absolute Gasteiger partial charge is 0.351 e. The third kappa shape index (κ3) is 5.32. The van der Waals surface area contributed by atoms with Gasteiger partial charge in [0.1, 0.15) is 0 Å². The minimum absolute atomic E-state index is 0.0604. The van der Waals surface area contributed by atoms with Gasteiger partial charge in [-0.05, 0) is 20.0 Å². The average molecular weight is 239 g/mol. The van der Waals surface area contributed by atoms with Gasteiger partial charge in [0, 0.05) is 12.6 Å². The van der Waals surface area contributed by atoms with Crippen LogP contribution in [0.4, 0.5) is 13.2 Å². The lowest BCUT2D eigenvalue weighted by atomic mass is 10.2. The summed E-state index contributed by atoms with van der Waals surface area (Å²) in [5.74, 6) is -0.385. The lowest BCUT2D eigenvalue weighted by molar-refractivity contribution is -0.128. The molecule has 1 atom stereocenters. The van der Waals surface area contributed by atoms with E-state index in [0.717, 1.165) is 19.5 Å². The van der Waals surface area contributed by atoms with Gasteiger partial charge in [0.25, 0.3) is 0 Å². The number of likely N-dealkylation sites (tertiary alicyclic amines) is 1. The summed E-state index contributed by atoms with van der Waals surface area (Å²) in [6.07, 6.45) is -3.42. The summed E-state index contributed by atoms with van der Waals surface area (Å²) >= 11 is 0. The van der Waals surface area contributed by atoms with Crippen molar-refractivity contribution in [3.63, 3.8) is 0 Å². The Labute approximate surface area is 92.2 Å². The molecule has 1 aliphatic heterocycles. The highest BCUT2D eigenvalue weighted by Gasteiger charge is 2.27. The van der Waals surface area contributed by atoms with Crippen molar-refractivity contribution in [1.29, 1.82) is 0 Å². The maximum atomic E-state index is 11.8. The molecule has 0 aliphatic carbocycles. The second-order valence-corrected chi connectivity index (χ2v) is 4.03. The lowest BCUT2D eigenvalue weighted by Gasteiger charge is -2.13. The van der Waals surface area contributed by atoms with E-state index in [-0.39, 0.29) is 18.5 Å². The zero-order valence-electron chi connectivity index (χ0n) is 9.10. The average Bonchev–Trinajstić information content (AvgIpc) is 2.48. The third-order valence-electron chi connectivity index (χ3n) is 2.37. The number of nitrogens with one attached hydrogen (secondary N) is 2. The van der Waals surface area contributed by atoms with Gasteiger partial charge in [-0.2, -0.15) is 13.2 Å².